The van der Waals surface area contributed by atoms with Crippen molar-refractivity contribution >= 4 is 0 Å². The second kappa shape index (κ2) is 2.80. The molecular weight excluding hydrogens is 166 g/mol. The number of hydrogen-bond donors (Lipinski definition) is 0. The summed E-state index contributed by atoms with van der Waals surface area (Å²) in [5.41, 5.74) is -0.0404. The Bertz CT molecular complexity index is 310. The highest BCUT2D eigenvalue weighted by Gasteiger charge is 2.40. The summed E-state index contributed by atoms with van der Waals surface area (Å²) in [5, 5.41) is 3.83. The van der Waals surface area contributed by atoms with E-state index in [-0.39, 0.29) is 5.54 Å². The van der Waals surface area contributed by atoms with Gasteiger partial charge in [-0.25, -0.2) is 0 Å². The molecule has 0 N–H and O–H groups in total. The van der Waals surface area contributed by atoms with E-state index in [0.29, 0.717) is 0 Å². The first-order valence-corrected chi connectivity index (χ1v) is 4.65. The SMILES string of the molecule is Cc1noc([C@@]2(C)CCCN2C)n1. The van der Waals surface area contributed by atoms with Crippen LogP contribution in [-0.4, -0.2) is 28.6 Å². The molecule has 13 heavy (non-hydrogen) atoms. The van der Waals surface area contributed by atoms with E-state index in [2.05, 4.69) is 29.0 Å². The van der Waals surface area contributed by atoms with Gasteiger partial charge in [-0.15, -0.1) is 0 Å². The number of aryl methyl sites for hydroxylation is 1. The lowest BCUT2D eigenvalue weighted by molar-refractivity contribution is 0.143. The monoisotopic (exact) mass is 181 g/mol. The van der Waals surface area contributed by atoms with Gasteiger partial charge in [-0.2, -0.15) is 4.98 Å². The Morgan fingerprint density at radius 2 is 2.31 bits per heavy atom. The summed E-state index contributed by atoms with van der Waals surface area (Å²) >= 11 is 0. The normalized spacial score (nSPS) is 29.8. The van der Waals surface area contributed by atoms with Crippen LogP contribution < -0.4 is 0 Å². The van der Waals surface area contributed by atoms with Gasteiger partial charge in [-0.05, 0) is 40.3 Å². The highest BCUT2D eigenvalue weighted by Crippen LogP contribution is 2.35. The molecule has 0 spiro atoms. The molecule has 72 valence electrons. The Balaban J connectivity index is 2.33. The van der Waals surface area contributed by atoms with Crippen LogP contribution in [0.4, 0.5) is 0 Å². The first kappa shape index (κ1) is 8.69. The molecule has 1 fully saturated rings. The Hall–Kier alpha value is -0.900. The summed E-state index contributed by atoms with van der Waals surface area (Å²) in [6.45, 7) is 5.12. The third-order valence-electron chi connectivity index (χ3n) is 2.99. The molecule has 1 aliphatic rings. The molecule has 0 unspecified atom stereocenters. The van der Waals surface area contributed by atoms with E-state index in [4.69, 9.17) is 4.52 Å². The molecule has 1 aromatic heterocycles. The van der Waals surface area contributed by atoms with Gasteiger partial charge >= 0.3 is 0 Å². The van der Waals surface area contributed by atoms with Crippen molar-refractivity contribution in [1.82, 2.24) is 15.0 Å². The molecule has 0 bridgehead atoms. The molecule has 1 saturated heterocycles. The molecule has 4 heteroatoms. The Labute approximate surface area is 77.9 Å². The standard InChI is InChI=1S/C9H15N3O/c1-7-10-8(13-11-7)9(2)5-4-6-12(9)3/h4-6H2,1-3H3/t9-/m1/s1. The van der Waals surface area contributed by atoms with Gasteiger partial charge in [0.15, 0.2) is 5.82 Å². The molecule has 0 radical (unpaired) electrons. The van der Waals surface area contributed by atoms with Crippen LogP contribution >= 0.6 is 0 Å². The van der Waals surface area contributed by atoms with Gasteiger partial charge < -0.3 is 4.52 Å². The Morgan fingerprint density at radius 3 is 2.77 bits per heavy atom. The number of aromatic nitrogens is 2. The van der Waals surface area contributed by atoms with Crippen molar-refractivity contribution in [1.29, 1.82) is 0 Å². The lowest BCUT2D eigenvalue weighted by Gasteiger charge is -2.27. The zero-order valence-corrected chi connectivity index (χ0v) is 8.37. The zero-order chi connectivity index (χ0) is 9.47. The van der Waals surface area contributed by atoms with E-state index in [1.54, 1.807) is 0 Å². The summed E-state index contributed by atoms with van der Waals surface area (Å²) in [7, 11) is 2.10. The van der Waals surface area contributed by atoms with Gasteiger partial charge in [0.25, 0.3) is 0 Å². The summed E-state index contributed by atoms with van der Waals surface area (Å²) in [6, 6.07) is 0. The van der Waals surface area contributed by atoms with E-state index < -0.39 is 0 Å². The van der Waals surface area contributed by atoms with E-state index in [1.165, 1.54) is 6.42 Å². The molecule has 2 heterocycles. The fourth-order valence-electron chi connectivity index (χ4n) is 1.88. The third kappa shape index (κ3) is 1.25. The Morgan fingerprint density at radius 1 is 1.54 bits per heavy atom. The average molecular weight is 181 g/mol. The minimum atomic E-state index is -0.0404. The van der Waals surface area contributed by atoms with E-state index >= 15 is 0 Å². The number of likely N-dealkylation sites (tertiary alicyclic amines) is 1. The minimum absolute atomic E-state index is 0.0404. The van der Waals surface area contributed by atoms with Crippen LogP contribution in [0.5, 0.6) is 0 Å². The van der Waals surface area contributed by atoms with Crippen molar-refractivity contribution < 1.29 is 4.52 Å². The summed E-state index contributed by atoms with van der Waals surface area (Å²) < 4.78 is 5.22. The molecule has 0 saturated carbocycles. The fourth-order valence-corrected chi connectivity index (χ4v) is 1.88. The van der Waals surface area contributed by atoms with Gasteiger partial charge in [0.2, 0.25) is 5.89 Å². The first-order chi connectivity index (χ1) is 6.13. The molecule has 1 atom stereocenters. The van der Waals surface area contributed by atoms with E-state index in [0.717, 1.165) is 24.7 Å². The maximum atomic E-state index is 5.22. The first-order valence-electron chi connectivity index (χ1n) is 4.65. The van der Waals surface area contributed by atoms with Gasteiger partial charge in [-0.3, -0.25) is 4.90 Å². The third-order valence-corrected chi connectivity index (χ3v) is 2.99. The highest BCUT2D eigenvalue weighted by atomic mass is 16.5. The average Bonchev–Trinajstić information content (AvgIpc) is 2.62. The van der Waals surface area contributed by atoms with Crippen LogP contribution in [0.2, 0.25) is 0 Å². The predicted octanol–water partition coefficient (Wildman–Crippen LogP) is 1.32. The molecule has 1 aliphatic heterocycles. The van der Waals surface area contributed by atoms with Crippen LogP contribution in [-0.2, 0) is 5.54 Å². The van der Waals surface area contributed by atoms with Crippen molar-refractivity contribution in [2.75, 3.05) is 13.6 Å². The molecular formula is C9H15N3O. The molecule has 2 rings (SSSR count). The second-order valence-electron chi connectivity index (χ2n) is 3.95. The van der Waals surface area contributed by atoms with Crippen molar-refractivity contribution in [3.05, 3.63) is 11.7 Å². The lowest BCUT2D eigenvalue weighted by atomic mass is 9.99. The van der Waals surface area contributed by atoms with Crippen LogP contribution in [0, 0.1) is 6.92 Å². The number of rotatable bonds is 1. The molecule has 0 aromatic carbocycles. The van der Waals surface area contributed by atoms with Gasteiger partial charge in [0.1, 0.15) is 0 Å². The van der Waals surface area contributed by atoms with Crippen molar-refractivity contribution in [3.8, 4) is 0 Å². The summed E-state index contributed by atoms with van der Waals surface area (Å²) in [4.78, 5) is 6.57. The predicted molar refractivity (Wildman–Crippen MR) is 48.3 cm³/mol. The minimum Gasteiger partial charge on any atom is -0.337 e. The maximum absolute atomic E-state index is 5.22. The van der Waals surface area contributed by atoms with Crippen LogP contribution in [0.1, 0.15) is 31.5 Å². The summed E-state index contributed by atoms with van der Waals surface area (Å²) in [6.07, 6.45) is 2.31. The van der Waals surface area contributed by atoms with E-state index in [9.17, 15) is 0 Å². The smallest absolute Gasteiger partial charge is 0.246 e. The maximum Gasteiger partial charge on any atom is 0.246 e. The van der Waals surface area contributed by atoms with Crippen LogP contribution in [0.3, 0.4) is 0 Å². The van der Waals surface area contributed by atoms with Crippen molar-refractivity contribution in [3.63, 3.8) is 0 Å². The topological polar surface area (TPSA) is 42.2 Å². The second-order valence-corrected chi connectivity index (χ2v) is 3.95. The van der Waals surface area contributed by atoms with Gasteiger partial charge in [-0.1, -0.05) is 5.16 Å². The van der Waals surface area contributed by atoms with Crippen molar-refractivity contribution in [2.45, 2.75) is 32.2 Å². The molecule has 4 nitrogen and oxygen atoms in total. The summed E-state index contributed by atoms with van der Waals surface area (Å²) in [5.74, 6) is 1.47. The molecule has 0 aliphatic carbocycles. The quantitative estimate of drug-likeness (QED) is 0.655. The largest absolute Gasteiger partial charge is 0.337 e. The van der Waals surface area contributed by atoms with Crippen LogP contribution in [0.25, 0.3) is 0 Å². The number of hydrogen-bond acceptors (Lipinski definition) is 4. The fraction of sp³-hybridized carbons (Fsp3) is 0.778. The lowest BCUT2D eigenvalue weighted by Crippen LogP contribution is -2.35. The van der Waals surface area contributed by atoms with Gasteiger partial charge in [0.05, 0.1) is 5.54 Å². The molecule has 1 aromatic rings. The van der Waals surface area contributed by atoms with Crippen molar-refractivity contribution in [2.24, 2.45) is 0 Å². The molecule has 0 amide bonds. The highest BCUT2D eigenvalue weighted by molar-refractivity contribution is 5.04. The number of nitrogens with zero attached hydrogens (tertiary/aromatic N) is 3. The van der Waals surface area contributed by atoms with E-state index in [1.807, 2.05) is 6.92 Å². The zero-order valence-electron chi connectivity index (χ0n) is 8.37. The Kier molecular flexibility index (Phi) is 1.87. The van der Waals surface area contributed by atoms with Gasteiger partial charge in [0, 0.05) is 0 Å². The van der Waals surface area contributed by atoms with Crippen LogP contribution in [0.15, 0.2) is 4.52 Å².